The molecule has 0 radical (unpaired) electrons. The molecule has 0 fully saturated rings. The van der Waals surface area contributed by atoms with Crippen molar-refractivity contribution in [2.24, 2.45) is 34.1 Å². The van der Waals surface area contributed by atoms with Gasteiger partial charge in [0.15, 0.2) is 5.69 Å². The van der Waals surface area contributed by atoms with Crippen molar-refractivity contribution in [2.75, 3.05) is 33.8 Å². The molecule has 1 aliphatic carbocycles. The minimum absolute atomic E-state index is 0.0859. The van der Waals surface area contributed by atoms with Crippen LogP contribution in [0.15, 0.2) is 62.7 Å². The number of aromatic nitrogens is 2. The second-order valence-corrected chi connectivity index (χ2v) is 8.65. The topological polar surface area (TPSA) is 96.5 Å². The molecule has 4 aliphatic rings. The number of rotatable bonds is 4. The highest BCUT2D eigenvalue weighted by Crippen LogP contribution is 2.37. The first-order valence-corrected chi connectivity index (χ1v) is 11.0. The fraction of sp³-hybridized carbons (Fsp3) is 0.435. The number of hydrogen-bond acceptors (Lipinski definition) is 6. The van der Waals surface area contributed by atoms with Crippen molar-refractivity contribution < 1.29 is 13.9 Å². The van der Waals surface area contributed by atoms with Crippen LogP contribution in [0, 0.1) is 11.8 Å². The van der Waals surface area contributed by atoms with Crippen LogP contribution in [0.5, 0.6) is 0 Å². The number of nitrogens with zero attached hydrogens (tertiary/aromatic N) is 6. The Bertz CT molecular complexity index is 1170. The van der Waals surface area contributed by atoms with Gasteiger partial charge in [-0.3, -0.25) is 14.5 Å². The van der Waals surface area contributed by atoms with Crippen LogP contribution in [-0.2, 0) is 11.8 Å². The molecule has 0 saturated heterocycles. The predicted octanol–water partition coefficient (Wildman–Crippen LogP) is 2.63. The first kappa shape index (κ1) is 21.3. The summed E-state index contributed by atoms with van der Waals surface area (Å²) in [4.78, 5) is 18.6. The number of halogens is 1. The third-order valence-electron chi connectivity index (χ3n) is 6.39. The Hall–Kier alpha value is -3.56. The van der Waals surface area contributed by atoms with Gasteiger partial charge in [-0.1, -0.05) is 0 Å². The molecule has 3 aliphatic heterocycles. The molecule has 4 heterocycles. The summed E-state index contributed by atoms with van der Waals surface area (Å²) < 4.78 is 22.0. The lowest BCUT2D eigenvalue weighted by Crippen LogP contribution is -2.34. The zero-order valence-electron chi connectivity index (χ0n) is 18.8. The zero-order chi connectivity index (χ0) is 23.1. The van der Waals surface area contributed by atoms with Gasteiger partial charge in [-0.25, -0.2) is 4.39 Å². The van der Waals surface area contributed by atoms with E-state index in [0.717, 1.165) is 34.6 Å². The van der Waals surface area contributed by atoms with Gasteiger partial charge in [-0.05, 0) is 23.8 Å². The van der Waals surface area contributed by atoms with Crippen molar-refractivity contribution in [1.82, 2.24) is 20.0 Å². The van der Waals surface area contributed by atoms with Crippen molar-refractivity contribution in [2.45, 2.75) is 12.6 Å². The van der Waals surface area contributed by atoms with E-state index in [-0.39, 0.29) is 17.7 Å². The average molecular weight is 452 g/mol. The van der Waals surface area contributed by atoms with Crippen molar-refractivity contribution in [3.05, 3.63) is 58.9 Å². The normalized spacial score (nSPS) is 26.9. The molecule has 5 rings (SSSR count). The van der Waals surface area contributed by atoms with Gasteiger partial charge < -0.3 is 15.0 Å². The molecule has 0 spiro atoms. The van der Waals surface area contributed by atoms with Crippen LogP contribution in [0.3, 0.4) is 0 Å². The van der Waals surface area contributed by atoms with E-state index in [1.807, 2.05) is 13.2 Å². The minimum atomic E-state index is -1.08. The van der Waals surface area contributed by atoms with E-state index in [2.05, 4.69) is 20.6 Å². The summed E-state index contributed by atoms with van der Waals surface area (Å²) in [6, 6.07) is 1.79. The Labute approximate surface area is 191 Å². The third-order valence-corrected chi connectivity index (χ3v) is 6.39. The minimum Gasteiger partial charge on any atom is -0.493 e. The number of ether oxygens (including phenoxy) is 1. The molecule has 1 aromatic rings. The summed E-state index contributed by atoms with van der Waals surface area (Å²) in [6.45, 7) is 1.37. The van der Waals surface area contributed by atoms with Crippen LogP contribution in [-0.4, -0.2) is 66.4 Å². The summed E-state index contributed by atoms with van der Waals surface area (Å²) in [7, 11) is 5.21. The first-order valence-electron chi connectivity index (χ1n) is 11.0. The second kappa shape index (κ2) is 8.42. The van der Waals surface area contributed by atoms with Gasteiger partial charge in [0.25, 0.3) is 5.91 Å². The van der Waals surface area contributed by atoms with Crippen molar-refractivity contribution in [3.8, 4) is 0 Å². The molecule has 0 aromatic carbocycles. The molecule has 1 amide bonds. The number of hydrogen-bond donors (Lipinski definition) is 1. The Morgan fingerprint density at radius 1 is 1.39 bits per heavy atom. The Morgan fingerprint density at radius 3 is 3.06 bits per heavy atom. The number of allylic oxidation sites excluding steroid dienone is 2. The molecule has 9 nitrogen and oxygen atoms in total. The number of carbonyl (C=O) groups is 1. The Kier molecular flexibility index (Phi) is 5.43. The third kappa shape index (κ3) is 3.79. The fourth-order valence-corrected chi connectivity index (χ4v) is 4.62. The highest BCUT2D eigenvalue weighted by Gasteiger charge is 2.34. The molecule has 1 N–H and O–H groups in total. The van der Waals surface area contributed by atoms with Gasteiger partial charge in [0, 0.05) is 56.7 Å². The largest absolute Gasteiger partial charge is 0.493 e. The van der Waals surface area contributed by atoms with Gasteiger partial charge in [-0.15, -0.1) is 0 Å². The van der Waals surface area contributed by atoms with Gasteiger partial charge in [-0.2, -0.15) is 15.3 Å². The van der Waals surface area contributed by atoms with Crippen molar-refractivity contribution in [1.29, 1.82) is 0 Å². The van der Waals surface area contributed by atoms with E-state index < -0.39 is 6.17 Å². The molecule has 3 unspecified atom stereocenters. The molecule has 172 valence electrons. The maximum atomic E-state index is 14.7. The molecular formula is C23H26FN7O2. The summed E-state index contributed by atoms with van der Waals surface area (Å²) in [5, 5.41) is 16.0. The fourth-order valence-electron chi connectivity index (χ4n) is 4.62. The maximum Gasteiger partial charge on any atom is 0.273 e. The Balaban J connectivity index is 1.43. The second-order valence-electron chi connectivity index (χ2n) is 8.65. The molecule has 10 heteroatoms. The number of amidine groups is 1. The maximum absolute atomic E-state index is 14.7. The number of alkyl halides is 1. The summed E-state index contributed by atoms with van der Waals surface area (Å²) >= 11 is 0. The lowest BCUT2D eigenvalue weighted by Gasteiger charge is -2.29. The highest BCUT2D eigenvalue weighted by molar-refractivity contribution is 6.04. The van der Waals surface area contributed by atoms with Crippen LogP contribution < -0.4 is 5.32 Å². The number of fused-ring (bicyclic) bond motifs is 1. The Morgan fingerprint density at radius 2 is 2.24 bits per heavy atom. The molecule has 3 atom stereocenters. The number of azo groups is 1. The SMILES string of the molecule is CN(C)C(=O)c1cc(C2=CNC(=NCC3C4=C(C=CC3F)OCC4)C3=CN=NCC32)n(C)n1. The number of aliphatic imine (C=N–C) groups is 1. The summed E-state index contributed by atoms with van der Waals surface area (Å²) in [6.07, 6.45) is 6.51. The van der Waals surface area contributed by atoms with Crippen LogP contribution >= 0.6 is 0 Å². The number of carbonyl (C=O) groups excluding carboxylic acids is 1. The van der Waals surface area contributed by atoms with Crippen LogP contribution in [0.25, 0.3) is 5.57 Å². The zero-order valence-corrected chi connectivity index (χ0v) is 18.8. The molecule has 0 bridgehead atoms. The van der Waals surface area contributed by atoms with E-state index in [4.69, 9.17) is 9.73 Å². The van der Waals surface area contributed by atoms with Gasteiger partial charge in [0.05, 0.1) is 31.6 Å². The number of amides is 1. The summed E-state index contributed by atoms with van der Waals surface area (Å²) in [5.74, 6) is 0.882. The molecular weight excluding hydrogens is 425 g/mol. The average Bonchev–Trinajstić information content (AvgIpc) is 3.44. The number of nitrogens with one attached hydrogen (secondary N) is 1. The summed E-state index contributed by atoms with van der Waals surface area (Å²) in [5.41, 5.74) is 4.04. The van der Waals surface area contributed by atoms with Gasteiger partial charge >= 0.3 is 0 Å². The quantitative estimate of drug-likeness (QED) is 0.761. The van der Waals surface area contributed by atoms with E-state index in [1.54, 1.807) is 43.2 Å². The molecule has 0 saturated carbocycles. The van der Waals surface area contributed by atoms with Crippen LogP contribution in [0.2, 0.25) is 0 Å². The lowest BCUT2D eigenvalue weighted by atomic mass is 9.85. The smallest absolute Gasteiger partial charge is 0.273 e. The molecule has 33 heavy (non-hydrogen) atoms. The standard InChI is InChI=1S/C23H26FN7O2/c1-30(2)23(32)19-8-20(31(3)29-19)16-10-26-22(17-12-28-27-11-14(16)17)25-9-15-13-6-7-33-21(13)5-4-18(15)24/h4-5,8,10,12,14-15,18H,6-7,9,11H2,1-3H3,(H,25,26). The van der Waals surface area contributed by atoms with E-state index >= 15 is 0 Å². The van der Waals surface area contributed by atoms with Crippen LogP contribution in [0.1, 0.15) is 22.6 Å². The van der Waals surface area contributed by atoms with Crippen molar-refractivity contribution in [3.63, 3.8) is 0 Å². The first-order chi connectivity index (χ1) is 15.9. The van der Waals surface area contributed by atoms with E-state index in [1.165, 1.54) is 4.90 Å². The van der Waals surface area contributed by atoms with Crippen LogP contribution in [0.4, 0.5) is 4.39 Å². The molecule has 1 aromatic heterocycles. The van der Waals surface area contributed by atoms with Gasteiger partial charge in [0.1, 0.15) is 17.8 Å². The van der Waals surface area contributed by atoms with Crippen molar-refractivity contribution >= 4 is 17.3 Å². The van der Waals surface area contributed by atoms with E-state index in [9.17, 15) is 9.18 Å². The van der Waals surface area contributed by atoms with E-state index in [0.29, 0.717) is 31.2 Å². The lowest BCUT2D eigenvalue weighted by molar-refractivity contribution is 0.0821. The monoisotopic (exact) mass is 451 g/mol. The highest BCUT2D eigenvalue weighted by atomic mass is 19.1. The van der Waals surface area contributed by atoms with Gasteiger partial charge in [0.2, 0.25) is 0 Å². The number of aryl methyl sites for hydroxylation is 1. The predicted molar refractivity (Wildman–Crippen MR) is 121 cm³/mol.